The minimum absolute atomic E-state index is 0. The third-order valence-electron chi connectivity index (χ3n) is 4.69. The number of hydrogen-bond donors (Lipinski definition) is 3. The zero-order chi connectivity index (χ0) is 15.0. The Bertz CT molecular complexity index is 811. The summed E-state index contributed by atoms with van der Waals surface area (Å²) < 4.78 is 0. The summed E-state index contributed by atoms with van der Waals surface area (Å²) in [6.45, 7) is 1.94. The molecule has 3 heterocycles. The summed E-state index contributed by atoms with van der Waals surface area (Å²) >= 11 is 0. The molecule has 3 aromatic rings. The fourth-order valence-electron chi connectivity index (χ4n) is 3.34. The van der Waals surface area contributed by atoms with E-state index in [0.717, 1.165) is 41.7 Å². The van der Waals surface area contributed by atoms with E-state index in [0.29, 0.717) is 0 Å². The minimum atomic E-state index is -0.168. The molecule has 5 heteroatoms. The zero-order valence-electron chi connectivity index (χ0n) is 12.2. The normalized spacial score (nSPS) is 21.5. The minimum Gasteiger partial charge on any atom is -0.395 e. The third-order valence-corrected chi connectivity index (χ3v) is 4.69. The molecule has 1 unspecified atom stereocenters. The Labute approximate surface area is 129 Å². The number of aliphatic hydroxyl groups is 1. The van der Waals surface area contributed by atoms with Crippen molar-refractivity contribution in [3.8, 4) is 11.1 Å². The van der Waals surface area contributed by atoms with Crippen molar-refractivity contribution < 1.29 is 6.53 Å². The number of aliphatic hydroxyl groups excluding tert-OH is 1. The Morgan fingerprint density at radius 1 is 1.32 bits per heavy atom. The highest BCUT2D eigenvalue weighted by atomic mass is 16.3. The quantitative estimate of drug-likeness (QED) is 0.692. The van der Waals surface area contributed by atoms with Gasteiger partial charge in [-0.3, -0.25) is 5.10 Å². The maximum atomic E-state index is 9.91. The first kappa shape index (κ1) is 13.4. The molecule has 0 saturated carbocycles. The first-order chi connectivity index (χ1) is 10.8. The molecule has 1 aromatic carbocycles. The van der Waals surface area contributed by atoms with E-state index >= 15 is 0 Å². The van der Waals surface area contributed by atoms with Crippen LogP contribution in [0.25, 0.3) is 22.2 Å². The summed E-state index contributed by atoms with van der Waals surface area (Å²) in [5.41, 5.74) is 4.05. The predicted molar refractivity (Wildman–Crippen MR) is 87.7 cm³/mol. The number of aromatic nitrogens is 3. The lowest BCUT2D eigenvalue weighted by Crippen LogP contribution is -2.33. The largest absolute Gasteiger partial charge is 0.395 e. The highest BCUT2D eigenvalue weighted by Crippen LogP contribution is 2.34. The molecule has 0 bridgehead atoms. The molecule has 4 rings (SSSR count). The molecule has 1 aliphatic heterocycles. The molecule has 5 nitrogen and oxygen atoms in total. The summed E-state index contributed by atoms with van der Waals surface area (Å²) in [7, 11) is 0. The van der Waals surface area contributed by atoms with Crippen molar-refractivity contribution in [1.82, 2.24) is 20.5 Å². The van der Waals surface area contributed by atoms with Gasteiger partial charge in [-0.25, -0.2) is 4.98 Å². The number of nitrogens with one attached hydrogen (secondary N) is 2. The number of hydrogen-bond acceptors (Lipinski definition) is 4. The van der Waals surface area contributed by atoms with Crippen molar-refractivity contribution in [2.75, 3.05) is 19.7 Å². The van der Waals surface area contributed by atoms with Gasteiger partial charge in [-0.1, -0.05) is 24.3 Å². The summed E-state index contributed by atoms with van der Waals surface area (Å²) in [5, 5.41) is 21.3. The van der Waals surface area contributed by atoms with Crippen LogP contribution in [0.1, 0.15) is 13.4 Å². The van der Waals surface area contributed by atoms with Crippen LogP contribution >= 0.6 is 0 Å². The first-order valence-corrected chi connectivity index (χ1v) is 7.53. The number of benzene rings is 1. The summed E-state index contributed by atoms with van der Waals surface area (Å²) in [4.78, 5) is 4.29. The molecule has 1 atom stereocenters. The van der Waals surface area contributed by atoms with Gasteiger partial charge in [0.15, 0.2) is 5.65 Å². The molecule has 2 aromatic heterocycles. The maximum absolute atomic E-state index is 9.91. The van der Waals surface area contributed by atoms with E-state index in [1.807, 2.05) is 12.3 Å². The number of rotatable bonds is 3. The number of aromatic amines is 1. The number of H-pyrrole nitrogens is 1. The van der Waals surface area contributed by atoms with Gasteiger partial charge in [0.25, 0.3) is 0 Å². The first-order valence-electron chi connectivity index (χ1n) is 7.53. The van der Waals surface area contributed by atoms with Crippen LogP contribution in [0.3, 0.4) is 0 Å². The fraction of sp³-hybridized carbons (Fsp3) is 0.294. The second kappa shape index (κ2) is 5.19. The van der Waals surface area contributed by atoms with Gasteiger partial charge in [0.05, 0.1) is 12.8 Å². The molecule has 1 aliphatic rings. The van der Waals surface area contributed by atoms with Gasteiger partial charge >= 0.3 is 0 Å². The highest BCUT2D eigenvalue weighted by molar-refractivity contribution is 5.92. The van der Waals surface area contributed by atoms with Crippen molar-refractivity contribution in [2.24, 2.45) is 0 Å². The zero-order valence-corrected chi connectivity index (χ0v) is 12.2. The molecular weight excluding hydrogens is 276 g/mol. The highest BCUT2D eigenvalue weighted by Gasteiger charge is 2.35. The summed E-state index contributed by atoms with van der Waals surface area (Å²) in [5.74, 6) is 0. The van der Waals surface area contributed by atoms with Crippen LogP contribution in [0.4, 0.5) is 0 Å². The van der Waals surface area contributed by atoms with Gasteiger partial charge in [-0.2, -0.15) is 5.10 Å². The Kier molecular flexibility index (Phi) is 3.17. The second-order valence-corrected chi connectivity index (χ2v) is 5.94. The second-order valence-electron chi connectivity index (χ2n) is 5.94. The number of pyridine rings is 1. The molecule has 0 aliphatic carbocycles. The Morgan fingerprint density at radius 3 is 3.09 bits per heavy atom. The predicted octanol–water partition coefficient (Wildman–Crippen LogP) is 2.09. The topological polar surface area (TPSA) is 73.8 Å². The number of nitrogens with zero attached hydrogens (tertiary/aromatic N) is 2. The van der Waals surface area contributed by atoms with Crippen LogP contribution in [-0.2, 0) is 5.41 Å². The fourth-order valence-corrected chi connectivity index (χ4v) is 3.34. The smallest absolute Gasteiger partial charge is 0.155 e. The van der Waals surface area contributed by atoms with Gasteiger partial charge in [0.2, 0.25) is 0 Å². The van der Waals surface area contributed by atoms with Gasteiger partial charge in [0.1, 0.15) is 0 Å². The van der Waals surface area contributed by atoms with Crippen LogP contribution < -0.4 is 5.32 Å². The molecule has 22 heavy (non-hydrogen) atoms. The standard InChI is InChI=1S/C17H18N4O.H2/c22-11-17(5-7-18-10-17)13-3-1-2-12(8-13)14-4-6-19-16-15(14)9-20-21-16;/h1-4,6,8-9,18,22H,5,7,10-11H2,(H,19,20,21);1H. The van der Waals surface area contributed by atoms with Crippen LogP contribution in [0.2, 0.25) is 0 Å². The Balaban J connectivity index is 0.00000156. The van der Waals surface area contributed by atoms with Crippen LogP contribution in [0.15, 0.2) is 42.7 Å². The van der Waals surface area contributed by atoms with Crippen molar-refractivity contribution in [3.05, 3.63) is 48.3 Å². The Morgan fingerprint density at radius 2 is 2.27 bits per heavy atom. The summed E-state index contributed by atoms with van der Waals surface area (Å²) in [6, 6.07) is 10.5. The maximum Gasteiger partial charge on any atom is 0.155 e. The van der Waals surface area contributed by atoms with E-state index < -0.39 is 0 Å². The summed E-state index contributed by atoms with van der Waals surface area (Å²) in [6.07, 6.45) is 4.56. The number of fused-ring (bicyclic) bond motifs is 1. The molecule has 1 fully saturated rings. The third kappa shape index (κ3) is 2.01. The van der Waals surface area contributed by atoms with Gasteiger partial charge in [-0.15, -0.1) is 0 Å². The van der Waals surface area contributed by atoms with Crippen LogP contribution in [-0.4, -0.2) is 40.0 Å². The van der Waals surface area contributed by atoms with E-state index in [2.05, 4.69) is 44.8 Å². The molecular formula is C17H20N4O. The lowest BCUT2D eigenvalue weighted by atomic mass is 9.79. The van der Waals surface area contributed by atoms with Crippen LogP contribution in [0, 0.1) is 0 Å². The van der Waals surface area contributed by atoms with Gasteiger partial charge < -0.3 is 10.4 Å². The van der Waals surface area contributed by atoms with Crippen molar-refractivity contribution in [2.45, 2.75) is 11.8 Å². The molecule has 0 radical (unpaired) electrons. The van der Waals surface area contributed by atoms with E-state index in [-0.39, 0.29) is 13.4 Å². The molecule has 114 valence electrons. The van der Waals surface area contributed by atoms with Crippen molar-refractivity contribution in [3.63, 3.8) is 0 Å². The monoisotopic (exact) mass is 296 g/mol. The van der Waals surface area contributed by atoms with E-state index in [1.165, 1.54) is 5.56 Å². The van der Waals surface area contributed by atoms with Crippen LogP contribution in [0.5, 0.6) is 0 Å². The lowest BCUT2D eigenvalue weighted by Gasteiger charge is -2.26. The van der Waals surface area contributed by atoms with E-state index in [1.54, 1.807) is 6.20 Å². The van der Waals surface area contributed by atoms with Gasteiger partial charge in [0, 0.05) is 25.0 Å². The van der Waals surface area contributed by atoms with Crippen molar-refractivity contribution >= 4 is 11.0 Å². The molecule has 1 saturated heterocycles. The molecule has 0 amide bonds. The SMILES string of the molecule is OCC1(c2cccc(-c3ccnc4[nH]ncc34)c2)CCNC1.[HH]. The van der Waals surface area contributed by atoms with Gasteiger partial charge in [-0.05, 0) is 35.7 Å². The molecule has 3 N–H and O–H groups in total. The van der Waals surface area contributed by atoms with E-state index in [4.69, 9.17) is 0 Å². The molecule has 0 spiro atoms. The average molecular weight is 296 g/mol. The van der Waals surface area contributed by atoms with E-state index in [9.17, 15) is 5.11 Å². The average Bonchev–Trinajstić information content (AvgIpc) is 3.24. The Hall–Kier alpha value is -2.24. The van der Waals surface area contributed by atoms with Crippen molar-refractivity contribution in [1.29, 1.82) is 0 Å². The lowest BCUT2D eigenvalue weighted by molar-refractivity contribution is 0.205.